The fraction of sp³-hybridized carbons (Fsp3) is 0.417. The number of carbonyl (C=O) groups is 2. The number of pyridine rings is 1. The zero-order valence-electron chi connectivity index (χ0n) is 9.93. The van der Waals surface area contributed by atoms with E-state index in [2.05, 4.69) is 10.3 Å². The van der Waals surface area contributed by atoms with Crippen LogP contribution < -0.4 is 5.32 Å². The van der Waals surface area contributed by atoms with Crippen LogP contribution in [-0.2, 0) is 4.79 Å². The van der Waals surface area contributed by atoms with E-state index in [9.17, 15) is 9.59 Å². The molecule has 0 aromatic carbocycles. The summed E-state index contributed by atoms with van der Waals surface area (Å²) in [7, 11) is 0. The number of carboxylic acids is 1. The maximum absolute atomic E-state index is 11.6. The Morgan fingerprint density at radius 3 is 2.76 bits per heavy atom. The number of hydrogen-bond donors (Lipinski definition) is 2. The first-order valence-electron chi connectivity index (χ1n) is 5.49. The molecule has 0 radical (unpaired) electrons. The summed E-state index contributed by atoms with van der Waals surface area (Å²) in [5.74, 6) is -0.896. The number of aromatic carboxylic acids is 1. The van der Waals surface area contributed by atoms with Gasteiger partial charge in [0.25, 0.3) is 0 Å². The highest BCUT2D eigenvalue weighted by Gasteiger charge is 2.13. The predicted molar refractivity (Wildman–Crippen MR) is 63.9 cm³/mol. The van der Waals surface area contributed by atoms with Gasteiger partial charge in [-0.05, 0) is 24.5 Å². The Hall–Kier alpha value is -1.91. The zero-order valence-corrected chi connectivity index (χ0v) is 9.93. The summed E-state index contributed by atoms with van der Waals surface area (Å²) in [6.45, 7) is 4.06. The number of amides is 1. The molecule has 0 saturated carbocycles. The van der Waals surface area contributed by atoms with Crippen molar-refractivity contribution in [3.8, 4) is 0 Å². The van der Waals surface area contributed by atoms with E-state index < -0.39 is 5.97 Å². The lowest BCUT2D eigenvalue weighted by Gasteiger charge is -2.08. The molecule has 92 valence electrons. The number of carbonyl (C=O) groups excluding carboxylic acids is 1. The van der Waals surface area contributed by atoms with Crippen LogP contribution in [0.4, 0.5) is 5.69 Å². The fourth-order valence-corrected chi connectivity index (χ4v) is 1.31. The average molecular weight is 236 g/mol. The Bertz CT molecular complexity index is 416. The highest BCUT2D eigenvalue weighted by atomic mass is 16.4. The van der Waals surface area contributed by atoms with E-state index in [4.69, 9.17) is 5.11 Å². The lowest BCUT2D eigenvalue weighted by atomic mass is 10.1. The molecule has 17 heavy (non-hydrogen) atoms. The molecule has 5 heteroatoms. The van der Waals surface area contributed by atoms with Crippen LogP contribution in [0.25, 0.3) is 0 Å². The van der Waals surface area contributed by atoms with E-state index >= 15 is 0 Å². The van der Waals surface area contributed by atoms with Crippen LogP contribution in [0.1, 0.15) is 37.2 Å². The van der Waals surface area contributed by atoms with Crippen molar-refractivity contribution in [2.75, 3.05) is 5.32 Å². The van der Waals surface area contributed by atoms with E-state index in [0.29, 0.717) is 12.3 Å². The lowest BCUT2D eigenvalue weighted by Crippen LogP contribution is -2.15. The molecule has 0 aliphatic rings. The van der Waals surface area contributed by atoms with Gasteiger partial charge in [0.15, 0.2) is 5.69 Å². The van der Waals surface area contributed by atoms with Crippen LogP contribution in [0.2, 0.25) is 0 Å². The van der Waals surface area contributed by atoms with E-state index in [1.165, 1.54) is 12.3 Å². The van der Waals surface area contributed by atoms with Crippen molar-refractivity contribution in [2.45, 2.75) is 26.7 Å². The van der Waals surface area contributed by atoms with E-state index in [1.807, 2.05) is 13.8 Å². The van der Waals surface area contributed by atoms with Crippen molar-refractivity contribution >= 4 is 17.6 Å². The topological polar surface area (TPSA) is 79.3 Å². The molecule has 5 nitrogen and oxygen atoms in total. The minimum absolute atomic E-state index is 0.134. The maximum Gasteiger partial charge on any atom is 0.356 e. The second-order valence-corrected chi connectivity index (χ2v) is 4.19. The third-order valence-corrected chi connectivity index (χ3v) is 2.23. The van der Waals surface area contributed by atoms with E-state index in [0.717, 1.165) is 6.42 Å². The van der Waals surface area contributed by atoms with Crippen LogP contribution >= 0.6 is 0 Å². The Morgan fingerprint density at radius 1 is 1.47 bits per heavy atom. The highest BCUT2D eigenvalue weighted by molar-refractivity contribution is 5.98. The molecule has 1 amide bonds. The van der Waals surface area contributed by atoms with Gasteiger partial charge in [0.2, 0.25) is 5.91 Å². The molecule has 1 aromatic heterocycles. The molecular formula is C12H16N2O3. The number of nitrogens with zero attached hydrogens (tertiary/aromatic N) is 1. The molecule has 0 fully saturated rings. The molecule has 0 aliphatic carbocycles. The van der Waals surface area contributed by atoms with E-state index in [-0.39, 0.29) is 17.3 Å². The lowest BCUT2D eigenvalue weighted by molar-refractivity contribution is -0.116. The van der Waals surface area contributed by atoms with Gasteiger partial charge in [0.05, 0.1) is 5.69 Å². The first-order chi connectivity index (χ1) is 8.00. The number of nitrogens with one attached hydrogen (secondary N) is 1. The van der Waals surface area contributed by atoms with Crippen molar-refractivity contribution in [1.29, 1.82) is 0 Å². The largest absolute Gasteiger partial charge is 0.476 e. The first-order valence-corrected chi connectivity index (χ1v) is 5.49. The molecule has 1 rings (SSSR count). The Morgan fingerprint density at radius 2 is 2.18 bits per heavy atom. The zero-order chi connectivity index (χ0) is 12.8. The van der Waals surface area contributed by atoms with Gasteiger partial charge in [0, 0.05) is 12.6 Å². The van der Waals surface area contributed by atoms with Gasteiger partial charge < -0.3 is 10.4 Å². The number of aromatic nitrogens is 1. The second-order valence-electron chi connectivity index (χ2n) is 4.19. The molecule has 0 unspecified atom stereocenters. The maximum atomic E-state index is 11.6. The molecule has 0 spiro atoms. The van der Waals surface area contributed by atoms with Crippen LogP contribution in [0, 0.1) is 5.92 Å². The molecule has 0 atom stereocenters. The van der Waals surface area contributed by atoms with Gasteiger partial charge in [0.1, 0.15) is 0 Å². The quantitative estimate of drug-likeness (QED) is 0.821. The number of anilines is 1. The number of carboxylic acid groups (broad SMARTS) is 1. The summed E-state index contributed by atoms with van der Waals surface area (Å²) in [5, 5.41) is 11.4. The molecular weight excluding hydrogens is 220 g/mol. The summed E-state index contributed by atoms with van der Waals surface area (Å²) >= 11 is 0. The summed E-state index contributed by atoms with van der Waals surface area (Å²) in [5.41, 5.74) is 0.110. The van der Waals surface area contributed by atoms with Crippen molar-refractivity contribution < 1.29 is 14.7 Å². The minimum atomic E-state index is -1.15. The average Bonchev–Trinajstić information content (AvgIpc) is 2.27. The molecule has 1 aromatic rings. The van der Waals surface area contributed by atoms with Crippen LogP contribution in [0.15, 0.2) is 18.3 Å². The number of rotatable bonds is 5. The third-order valence-electron chi connectivity index (χ3n) is 2.23. The van der Waals surface area contributed by atoms with Crippen LogP contribution in [-0.4, -0.2) is 22.0 Å². The molecule has 2 N–H and O–H groups in total. The Labute approximate surface area is 99.9 Å². The van der Waals surface area contributed by atoms with Crippen molar-refractivity contribution in [1.82, 2.24) is 4.98 Å². The van der Waals surface area contributed by atoms with Gasteiger partial charge in [-0.15, -0.1) is 0 Å². The summed E-state index contributed by atoms with van der Waals surface area (Å²) in [6, 6.07) is 3.12. The standard InChI is InChI=1S/C12H16N2O3/c1-8(2)5-6-10(15)14-9-4-3-7-13-11(9)12(16)17/h3-4,7-8H,5-6H2,1-2H3,(H,14,15)(H,16,17). The van der Waals surface area contributed by atoms with Gasteiger partial charge in [-0.1, -0.05) is 13.8 Å². The number of hydrogen-bond acceptors (Lipinski definition) is 3. The van der Waals surface area contributed by atoms with Crippen LogP contribution in [0.3, 0.4) is 0 Å². The van der Waals surface area contributed by atoms with Crippen molar-refractivity contribution in [3.05, 3.63) is 24.0 Å². The normalized spacial score (nSPS) is 10.3. The monoisotopic (exact) mass is 236 g/mol. The Kier molecular flexibility index (Phi) is 4.63. The minimum Gasteiger partial charge on any atom is -0.476 e. The first kappa shape index (κ1) is 13.2. The van der Waals surface area contributed by atoms with Gasteiger partial charge in [-0.2, -0.15) is 0 Å². The van der Waals surface area contributed by atoms with Gasteiger partial charge in [-0.3, -0.25) is 4.79 Å². The highest BCUT2D eigenvalue weighted by Crippen LogP contribution is 2.13. The van der Waals surface area contributed by atoms with Crippen LogP contribution in [0.5, 0.6) is 0 Å². The molecule has 0 bridgehead atoms. The van der Waals surface area contributed by atoms with E-state index in [1.54, 1.807) is 6.07 Å². The molecule has 0 aliphatic heterocycles. The SMILES string of the molecule is CC(C)CCC(=O)Nc1cccnc1C(=O)O. The molecule has 1 heterocycles. The molecule has 0 saturated heterocycles. The predicted octanol–water partition coefficient (Wildman–Crippen LogP) is 2.15. The van der Waals surface area contributed by atoms with Crippen molar-refractivity contribution in [2.24, 2.45) is 5.92 Å². The summed E-state index contributed by atoms with van der Waals surface area (Å²) in [4.78, 5) is 26.1. The van der Waals surface area contributed by atoms with Gasteiger partial charge >= 0.3 is 5.97 Å². The third kappa shape index (κ3) is 4.22. The fourth-order valence-electron chi connectivity index (χ4n) is 1.31. The second kappa shape index (κ2) is 5.98. The van der Waals surface area contributed by atoms with Crippen molar-refractivity contribution in [3.63, 3.8) is 0 Å². The smallest absolute Gasteiger partial charge is 0.356 e. The summed E-state index contributed by atoms with van der Waals surface area (Å²) in [6.07, 6.45) is 2.54. The Balaban J connectivity index is 2.68. The summed E-state index contributed by atoms with van der Waals surface area (Å²) < 4.78 is 0. The van der Waals surface area contributed by atoms with Gasteiger partial charge in [-0.25, -0.2) is 9.78 Å².